The number of rotatable bonds is 10. The maximum Gasteiger partial charge on any atom is 0.262 e. The first kappa shape index (κ1) is 24.9. The van der Waals surface area contributed by atoms with Crippen LogP contribution in [-0.4, -0.2) is 50.3 Å². The Balaban J connectivity index is 1.59. The molecule has 8 nitrogen and oxygen atoms in total. The van der Waals surface area contributed by atoms with Gasteiger partial charge in [-0.25, -0.2) is 4.98 Å². The highest BCUT2D eigenvalue weighted by atomic mass is 32.2. The molecule has 0 bridgehead atoms. The standard InChI is InChI=1S/C26H31N5O3S/c1-17(2)30(18(3)4)13-14-31-25(32)21-11-6-7-12-22(21)27-26(31)35-16-23-28-24(29-34-23)19-9-8-10-20(15-19)33-5/h6-12,15,17-18H,13-14,16H2,1-5H3. The van der Waals surface area contributed by atoms with E-state index in [1.807, 2.05) is 48.5 Å². The van der Waals surface area contributed by atoms with Gasteiger partial charge in [0.05, 0.1) is 23.8 Å². The fourth-order valence-corrected chi connectivity index (χ4v) is 4.97. The lowest BCUT2D eigenvalue weighted by molar-refractivity contribution is 0.166. The predicted molar refractivity (Wildman–Crippen MR) is 139 cm³/mol. The van der Waals surface area contributed by atoms with E-state index >= 15 is 0 Å². The van der Waals surface area contributed by atoms with Crippen LogP contribution in [-0.2, 0) is 12.3 Å². The van der Waals surface area contributed by atoms with Gasteiger partial charge in [-0.3, -0.25) is 14.3 Å². The molecule has 0 aliphatic heterocycles. The zero-order valence-corrected chi connectivity index (χ0v) is 21.6. The predicted octanol–water partition coefficient (Wildman–Crippen LogP) is 4.87. The Kier molecular flexibility index (Phi) is 7.87. The molecule has 184 valence electrons. The van der Waals surface area contributed by atoms with Crippen molar-refractivity contribution in [1.29, 1.82) is 0 Å². The van der Waals surface area contributed by atoms with Crippen LogP contribution in [0.2, 0.25) is 0 Å². The zero-order valence-electron chi connectivity index (χ0n) is 20.8. The van der Waals surface area contributed by atoms with Gasteiger partial charge in [0, 0.05) is 30.7 Å². The van der Waals surface area contributed by atoms with Crippen molar-refractivity contribution in [2.24, 2.45) is 0 Å². The molecule has 2 aromatic carbocycles. The Labute approximate surface area is 209 Å². The molecule has 35 heavy (non-hydrogen) atoms. The van der Waals surface area contributed by atoms with Crippen LogP contribution in [0.15, 0.2) is 63.0 Å². The Bertz CT molecular complexity index is 1340. The van der Waals surface area contributed by atoms with Crippen LogP contribution in [0, 0.1) is 0 Å². The van der Waals surface area contributed by atoms with Gasteiger partial charge in [0.15, 0.2) is 5.16 Å². The van der Waals surface area contributed by atoms with Gasteiger partial charge >= 0.3 is 0 Å². The van der Waals surface area contributed by atoms with Crippen LogP contribution in [0.4, 0.5) is 0 Å². The fourth-order valence-electron chi connectivity index (χ4n) is 4.10. The van der Waals surface area contributed by atoms with Gasteiger partial charge in [-0.15, -0.1) is 0 Å². The molecule has 0 unspecified atom stereocenters. The third-order valence-corrected chi connectivity index (χ3v) is 6.82. The van der Waals surface area contributed by atoms with Crippen LogP contribution in [0.1, 0.15) is 33.6 Å². The Morgan fingerprint density at radius 2 is 1.83 bits per heavy atom. The molecule has 0 aliphatic rings. The molecule has 0 saturated carbocycles. The molecule has 0 fully saturated rings. The van der Waals surface area contributed by atoms with Crippen molar-refractivity contribution in [3.8, 4) is 17.1 Å². The van der Waals surface area contributed by atoms with Gasteiger partial charge in [0.25, 0.3) is 5.56 Å². The van der Waals surface area contributed by atoms with Crippen LogP contribution in [0.3, 0.4) is 0 Å². The molecule has 0 saturated heterocycles. The minimum Gasteiger partial charge on any atom is -0.497 e. The summed E-state index contributed by atoms with van der Waals surface area (Å²) >= 11 is 1.43. The van der Waals surface area contributed by atoms with Crippen molar-refractivity contribution < 1.29 is 9.26 Å². The van der Waals surface area contributed by atoms with Crippen molar-refractivity contribution >= 4 is 22.7 Å². The maximum absolute atomic E-state index is 13.4. The largest absolute Gasteiger partial charge is 0.497 e. The Morgan fingerprint density at radius 3 is 2.57 bits per heavy atom. The molecule has 0 aliphatic carbocycles. The van der Waals surface area contributed by atoms with E-state index in [1.54, 1.807) is 11.7 Å². The van der Waals surface area contributed by atoms with Crippen molar-refractivity contribution in [1.82, 2.24) is 24.6 Å². The highest BCUT2D eigenvalue weighted by molar-refractivity contribution is 7.98. The van der Waals surface area contributed by atoms with E-state index in [0.29, 0.717) is 52.2 Å². The zero-order chi connectivity index (χ0) is 24.9. The van der Waals surface area contributed by atoms with Gasteiger partial charge in [-0.1, -0.05) is 41.2 Å². The maximum atomic E-state index is 13.4. The molecular weight excluding hydrogens is 462 g/mol. The van der Waals surface area contributed by atoms with Gasteiger partial charge in [-0.2, -0.15) is 4.98 Å². The Hall–Kier alpha value is -3.17. The molecule has 9 heteroatoms. The third kappa shape index (κ3) is 5.74. The molecule has 0 N–H and O–H groups in total. The van der Waals surface area contributed by atoms with E-state index in [0.717, 1.165) is 17.9 Å². The monoisotopic (exact) mass is 493 g/mol. The summed E-state index contributed by atoms with van der Waals surface area (Å²) in [5.74, 6) is 2.09. The lowest BCUT2D eigenvalue weighted by Gasteiger charge is -2.30. The number of nitrogens with zero attached hydrogens (tertiary/aromatic N) is 5. The van der Waals surface area contributed by atoms with E-state index in [2.05, 4.69) is 42.7 Å². The molecule has 0 amide bonds. The molecule has 2 aromatic heterocycles. The van der Waals surface area contributed by atoms with Crippen LogP contribution in [0.25, 0.3) is 22.3 Å². The summed E-state index contributed by atoms with van der Waals surface area (Å²) in [6, 6.07) is 15.7. The summed E-state index contributed by atoms with van der Waals surface area (Å²) in [5.41, 5.74) is 1.46. The van der Waals surface area contributed by atoms with Gasteiger partial charge in [0.1, 0.15) is 5.75 Å². The van der Waals surface area contributed by atoms with E-state index < -0.39 is 0 Å². The number of methoxy groups -OCH3 is 1. The second-order valence-corrected chi connectivity index (χ2v) is 9.77. The minimum absolute atomic E-state index is 0.0341. The van der Waals surface area contributed by atoms with Crippen molar-refractivity contribution in [3.05, 3.63) is 64.8 Å². The SMILES string of the molecule is COc1cccc(-c2noc(CSc3nc4ccccc4c(=O)n3CCN(C(C)C)C(C)C)n2)c1. The highest BCUT2D eigenvalue weighted by Crippen LogP contribution is 2.25. The van der Waals surface area contributed by atoms with E-state index in [-0.39, 0.29) is 5.56 Å². The molecule has 0 atom stereocenters. The summed E-state index contributed by atoms with van der Waals surface area (Å²) in [4.78, 5) is 25.1. The van der Waals surface area contributed by atoms with Gasteiger partial charge < -0.3 is 9.26 Å². The number of hydrogen-bond donors (Lipinski definition) is 0. The first-order chi connectivity index (χ1) is 16.9. The van der Waals surface area contributed by atoms with Crippen LogP contribution >= 0.6 is 11.8 Å². The summed E-state index contributed by atoms with van der Waals surface area (Å²) in [6.07, 6.45) is 0. The highest BCUT2D eigenvalue weighted by Gasteiger charge is 2.18. The number of thioether (sulfide) groups is 1. The van der Waals surface area contributed by atoms with Crippen molar-refractivity contribution in [2.75, 3.05) is 13.7 Å². The summed E-state index contributed by atoms with van der Waals surface area (Å²) in [6.45, 7) is 10.00. The molecule has 2 heterocycles. The average molecular weight is 494 g/mol. The van der Waals surface area contributed by atoms with Gasteiger partial charge in [0.2, 0.25) is 11.7 Å². The summed E-state index contributed by atoms with van der Waals surface area (Å²) in [7, 11) is 1.62. The molecular formula is C26H31N5O3S. The smallest absolute Gasteiger partial charge is 0.262 e. The molecule has 0 radical (unpaired) electrons. The average Bonchev–Trinajstić information content (AvgIpc) is 3.33. The second kappa shape index (κ2) is 11.0. The number of aromatic nitrogens is 4. The van der Waals surface area contributed by atoms with E-state index in [4.69, 9.17) is 14.2 Å². The van der Waals surface area contributed by atoms with Crippen molar-refractivity contribution in [2.45, 2.75) is 57.2 Å². The van der Waals surface area contributed by atoms with Crippen molar-refractivity contribution in [3.63, 3.8) is 0 Å². The first-order valence-corrected chi connectivity index (χ1v) is 12.7. The minimum atomic E-state index is -0.0341. The van der Waals surface area contributed by atoms with Gasteiger partial charge in [-0.05, 0) is 52.0 Å². The quantitative estimate of drug-likeness (QED) is 0.229. The number of ether oxygens (including phenoxy) is 1. The number of para-hydroxylation sites is 1. The second-order valence-electron chi connectivity index (χ2n) is 8.83. The van der Waals surface area contributed by atoms with Crippen LogP contribution < -0.4 is 10.3 Å². The number of hydrogen-bond acceptors (Lipinski definition) is 8. The molecule has 0 spiro atoms. The molecule has 4 rings (SSSR count). The van der Waals surface area contributed by atoms with Crippen LogP contribution in [0.5, 0.6) is 5.75 Å². The van der Waals surface area contributed by atoms with E-state index in [1.165, 1.54) is 11.8 Å². The first-order valence-electron chi connectivity index (χ1n) is 11.7. The fraction of sp³-hybridized carbons (Fsp3) is 0.385. The lowest BCUT2D eigenvalue weighted by atomic mass is 10.2. The summed E-state index contributed by atoms with van der Waals surface area (Å²) in [5, 5.41) is 5.37. The normalized spacial score (nSPS) is 11.8. The Morgan fingerprint density at radius 1 is 1.06 bits per heavy atom. The summed E-state index contributed by atoms with van der Waals surface area (Å²) < 4.78 is 12.5. The number of benzene rings is 2. The van der Waals surface area contributed by atoms with E-state index in [9.17, 15) is 4.79 Å². The third-order valence-electron chi connectivity index (χ3n) is 5.86. The lowest BCUT2D eigenvalue weighted by Crippen LogP contribution is -2.40. The molecule has 4 aromatic rings. The number of fused-ring (bicyclic) bond motifs is 1. The topological polar surface area (TPSA) is 86.3 Å².